The second-order valence-electron chi connectivity index (χ2n) is 4.73. The fraction of sp³-hybridized carbons (Fsp3) is 0.400. The van der Waals surface area contributed by atoms with E-state index in [1.807, 2.05) is 24.3 Å². The van der Waals surface area contributed by atoms with Crippen LogP contribution in [0.15, 0.2) is 24.3 Å². The van der Waals surface area contributed by atoms with Crippen LogP contribution in [0, 0.1) is 0 Å². The van der Waals surface area contributed by atoms with E-state index >= 15 is 0 Å². The number of rotatable bonds is 6. The first-order chi connectivity index (χ1) is 9.67. The third kappa shape index (κ3) is 2.87. The third-order valence-electron chi connectivity index (χ3n) is 3.32. The van der Waals surface area contributed by atoms with Gasteiger partial charge in [0.05, 0.1) is 11.4 Å². The number of carbonyl (C=O) groups is 1. The first-order valence-corrected chi connectivity index (χ1v) is 6.94. The summed E-state index contributed by atoms with van der Waals surface area (Å²) in [6.07, 6.45) is 3.56. The fourth-order valence-corrected chi connectivity index (χ4v) is 2.12. The van der Waals surface area contributed by atoms with Crippen molar-refractivity contribution < 1.29 is 9.90 Å². The van der Waals surface area contributed by atoms with Gasteiger partial charge in [-0.15, -0.1) is 5.10 Å². The Hall–Kier alpha value is -2.17. The van der Waals surface area contributed by atoms with E-state index in [4.69, 9.17) is 0 Å². The molecule has 2 rings (SSSR count). The van der Waals surface area contributed by atoms with E-state index in [9.17, 15) is 9.90 Å². The number of nitrogens with zero attached hydrogens (tertiary/aromatic N) is 3. The molecule has 0 amide bonds. The van der Waals surface area contributed by atoms with E-state index in [1.165, 1.54) is 5.56 Å². The monoisotopic (exact) mass is 273 g/mol. The summed E-state index contributed by atoms with van der Waals surface area (Å²) >= 11 is 0. The number of benzene rings is 1. The van der Waals surface area contributed by atoms with Crippen molar-refractivity contribution in [3.05, 3.63) is 41.2 Å². The molecule has 5 nitrogen and oxygen atoms in total. The summed E-state index contributed by atoms with van der Waals surface area (Å²) in [5.41, 5.74) is 2.82. The van der Waals surface area contributed by atoms with Crippen LogP contribution in [0.5, 0.6) is 0 Å². The van der Waals surface area contributed by atoms with E-state index in [-0.39, 0.29) is 5.69 Å². The molecule has 0 saturated carbocycles. The zero-order chi connectivity index (χ0) is 14.5. The smallest absolute Gasteiger partial charge is 0.358 e. The molecule has 0 radical (unpaired) electrons. The van der Waals surface area contributed by atoms with Gasteiger partial charge in [0.15, 0.2) is 5.69 Å². The molecular weight excluding hydrogens is 254 g/mol. The Morgan fingerprint density at radius 3 is 2.50 bits per heavy atom. The normalized spacial score (nSPS) is 10.7. The number of aryl methyl sites for hydroxylation is 1. The maximum absolute atomic E-state index is 11.2. The van der Waals surface area contributed by atoms with Crippen molar-refractivity contribution in [1.82, 2.24) is 15.0 Å². The number of aromatic carboxylic acids is 1. The fourth-order valence-electron chi connectivity index (χ4n) is 2.12. The average molecular weight is 273 g/mol. The molecule has 0 unspecified atom stereocenters. The van der Waals surface area contributed by atoms with Crippen LogP contribution in [-0.2, 0) is 12.8 Å². The second kappa shape index (κ2) is 6.32. The van der Waals surface area contributed by atoms with Crippen LogP contribution in [0.25, 0.3) is 5.69 Å². The van der Waals surface area contributed by atoms with Crippen molar-refractivity contribution in [2.45, 2.75) is 39.5 Å². The minimum Gasteiger partial charge on any atom is -0.476 e. The Morgan fingerprint density at radius 2 is 1.95 bits per heavy atom. The molecule has 1 aromatic carbocycles. The number of carboxylic acid groups (broad SMARTS) is 1. The van der Waals surface area contributed by atoms with Crippen molar-refractivity contribution in [3.8, 4) is 5.69 Å². The van der Waals surface area contributed by atoms with Crippen LogP contribution in [0.4, 0.5) is 0 Å². The van der Waals surface area contributed by atoms with Crippen LogP contribution in [0.1, 0.15) is 48.4 Å². The standard InChI is InChI=1S/C15H19N3O2/c1-3-5-6-13-14(15(19)20)16-17-18(13)12-9-7-11(4-2)8-10-12/h7-10H,3-6H2,1-2H3,(H,19,20). The summed E-state index contributed by atoms with van der Waals surface area (Å²) in [4.78, 5) is 11.2. The van der Waals surface area contributed by atoms with Crippen molar-refractivity contribution in [3.63, 3.8) is 0 Å². The molecule has 20 heavy (non-hydrogen) atoms. The van der Waals surface area contributed by atoms with Gasteiger partial charge in [-0.2, -0.15) is 0 Å². The molecule has 0 atom stereocenters. The van der Waals surface area contributed by atoms with E-state index in [2.05, 4.69) is 24.2 Å². The lowest BCUT2D eigenvalue weighted by atomic mass is 10.1. The minimum atomic E-state index is -1.02. The van der Waals surface area contributed by atoms with Gasteiger partial charge < -0.3 is 5.11 Å². The summed E-state index contributed by atoms with van der Waals surface area (Å²) in [5, 5.41) is 17.0. The van der Waals surface area contributed by atoms with Gasteiger partial charge in [-0.25, -0.2) is 9.48 Å². The quantitative estimate of drug-likeness (QED) is 0.878. The highest BCUT2D eigenvalue weighted by Crippen LogP contribution is 2.16. The molecule has 1 heterocycles. The summed E-state index contributed by atoms with van der Waals surface area (Å²) in [6.45, 7) is 4.17. The molecule has 0 aliphatic heterocycles. The lowest BCUT2D eigenvalue weighted by Crippen LogP contribution is -2.07. The predicted molar refractivity (Wildman–Crippen MR) is 76.3 cm³/mol. The van der Waals surface area contributed by atoms with Crippen LogP contribution in [0.2, 0.25) is 0 Å². The molecule has 0 aliphatic carbocycles. The maximum atomic E-state index is 11.2. The molecule has 1 aromatic heterocycles. The lowest BCUT2D eigenvalue weighted by molar-refractivity contribution is 0.0689. The molecule has 0 fully saturated rings. The summed E-state index contributed by atoms with van der Waals surface area (Å²) in [5.74, 6) is -1.02. The van der Waals surface area contributed by atoms with Gasteiger partial charge in [-0.3, -0.25) is 0 Å². The summed E-state index contributed by atoms with van der Waals surface area (Å²) in [7, 11) is 0. The minimum absolute atomic E-state index is 0.0537. The second-order valence-corrected chi connectivity index (χ2v) is 4.73. The molecule has 0 aliphatic rings. The van der Waals surface area contributed by atoms with Crippen LogP contribution in [0.3, 0.4) is 0 Å². The van der Waals surface area contributed by atoms with Crippen LogP contribution in [-0.4, -0.2) is 26.1 Å². The van der Waals surface area contributed by atoms with E-state index in [0.717, 1.165) is 24.9 Å². The highest BCUT2D eigenvalue weighted by Gasteiger charge is 2.19. The Morgan fingerprint density at radius 1 is 1.25 bits per heavy atom. The number of hydrogen-bond acceptors (Lipinski definition) is 3. The molecular formula is C15H19N3O2. The van der Waals surface area contributed by atoms with Crippen LogP contribution < -0.4 is 0 Å². The van der Waals surface area contributed by atoms with Crippen molar-refractivity contribution in [2.75, 3.05) is 0 Å². The molecule has 2 aromatic rings. The molecule has 0 saturated heterocycles. The highest BCUT2D eigenvalue weighted by atomic mass is 16.4. The van der Waals surface area contributed by atoms with Crippen molar-refractivity contribution in [1.29, 1.82) is 0 Å². The Balaban J connectivity index is 2.41. The Bertz CT molecular complexity index is 588. The van der Waals surface area contributed by atoms with Gasteiger partial charge in [0.2, 0.25) is 0 Å². The SMILES string of the molecule is CCCCc1c(C(=O)O)nnn1-c1ccc(CC)cc1. The third-order valence-corrected chi connectivity index (χ3v) is 3.32. The molecule has 0 spiro atoms. The Kier molecular flexibility index (Phi) is 4.50. The predicted octanol–water partition coefficient (Wildman–Crippen LogP) is 2.87. The lowest BCUT2D eigenvalue weighted by Gasteiger charge is -2.07. The molecule has 106 valence electrons. The number of unbranched alkanes of at least 4 members (excludes halogenated alkanes) is 1. The highest BCUT2D eigenvalue weighted by molar-refractivity contribution is 5.86. The zero-order valence-corrected chi connectivity index (χ0v) is 11.8. The number of aromatic nitrogens is 3. The topological polar surface area (TPSA) is 68.0 Å². The molecule has 1 N–H and O–H groups in total. The van der Waals surface area contributed by atoms with E-state index in [0.29, 0.717) is 12.1 Å². The van der Waals surface area contributed by atoms with Gasteiger partial charge in [-0.1, -0.05) is 37.6 Å². The Labute approximate surface area is 118 Å². The van der Waals surface area contributed by atoms with E-state index in [1.54, 1.807) is 4.68 Å². The van der Waals surface area contributed by atoms with Gasteiger partial charge in [-0.05, 0) is 37.0 Å². The first kappa shape index (κ1) is 14.2. The molecule has 0 bridgehead atoms. The summed E-state index contributed by atoms with van der Waals surface area (Å²) < 4.78 is 1.64. The maximum Gasteiger partial charge on any atom is 0.358 e. The zero-order valence-electron chi connectivity index (χ0n) is 11.8. The number of hydrogen-bond donors (Lipinski definition) is 1. The van der Waals surface area contributed by atoms with Crippen molar-refractivity contribution in [2.24, 2.45) is 0 Å². The van der Waals surface area contributed by atoms with Gasteiger partial charge in [0, 0.05) is 0 Å². The van der Waals surface area contributed by atoms with E-state index < -0.39 is 5.97 Å². The number of carboxylic acids is 1. The van der Waals surface area contributed by atoms with Crippen molar-refractivity contribution >= 4 is 5.97 Å². The van der Waals surface area contributed by atoms with Gasteiger partial charge >= 0.3 is 5.97 Å². The first-order valence-electron chi connectivity index (χ1n) is 6.94. The molecule has 5 heteroatoms. The largest absolute Gasteiger partial charge is 0.476 e. The van der Waals surface area contributed by atoms with Gasteiger partial charge in [0.1, 0.15) is 0 Å². The average Bonchev–Trinajstić information content (AvgIpc) is 2.89. The summed E-state index contributed by atoms with van der Waals surface area (Å²) in [6, 6.07) is 7.96. The van der Waals surface area contributed by atoms with Crippen LogP contribution >= 0.6 is 0 Å². The van der Waals surface area contributed by atoms with Gasteiger partial charge in [0.25, 0.3) is 0 Å².